The first-order chi connectivity index (χ1) is 18.9. The molecule has 2 heterocycles. The molecule has 1 fully saturated rings. The Morgan fingerprint density at radius 1 is 1.08 bits per heavy atom. The summed E-state index contributed by atoms with van der Waals surface area (Å²) in [5.41, 5.74) is 4.20. The van der Waals surface area contributed by atoms with Gasteiger partial charge >= 0.3 is 0 Å². The van der Waals surface area contributed by atoms with E-state index >= 15 is 8.78 Å². The van der Waals surface area contributed by atoms with Crippen molar-refractivity contribution in [3.05, 3.63) is 76.9 Å². The fourth-order valence-corrected chi connectivity index (χ4v) is 5.02. The number of aromatic nitrogens is 1. The highest BCUT2D eigenvalue weighted by Gasteiger charge is 2.20. The molecule has 2 N–H and O–H groups in total. The third-order valence-electron chi connectivity index (χ3n) is 7.22. The molecule has 1 aliphatic heterocycles. The third-order valence-corrected chi connectivity index (χ3v) is 7.22. The number of rotatable bonds is 8. The van der Waals surface area contributed by atoms with Crippen molar-refractivity contribution < 1.29 is 18.0 Å². The van der Waals surface area contributed by atoms with Crippen LogP contribution in [0.1, 0.15) is 35.3 Å². The minimum absolute atomic E-state index is 0.00558. The van der Waals surface area contributed by atoms with E-state index in [1.807, 2.05) is 31.7 Å². The molecule has 4 aromatic rings. The number of aryl methyl sites for hydroxylation is 1. The zero-order valence-corrected chi connectivity index (χ0v) is 22.5. The van der Waals surface area contributed by atoms with Gasteiger partial charge in [-0.1, -0.05) is 12.1 Å². The predicted octanol–water partition coefficient (Wildman–Crippen LogP) is 5.71. The second-order valence-electron chi connectivity index (χ2n) is 9.75. The SMILES string of the molecule is CCN(CC)C(=O)c1ccc(Nc2nc3cccc(-c4cc(F)c(CN5CCNCC5)c(F)c4)c3o2)cc1C. The number of piperazine rings is 1. The summed E-state index contributed by atoms with van der Waals surface area (Å²) in [6.45, 7) is 10.5. The van der Waals surface area contributed by atoms with Crippen molar-refractivity contribution in [2.24, 2.45) is 0 Å². The summed E-state index contributed by atoms with van der Waals surface area (Å²) < 4.78 is 36.2. The van der Waals surface area contributed by atoms with E-state index in [2.05, 4.69) is 15.6 Å². The van der Waals surface area contributed by atoms with E-state index in [9.17, 15) is 4.79 Å². The van der Waals surface area contributed by atoms with Crippen LogP contribution in [0.2, 0.25) is 0 Å². The van der Waals surface area contributed by atoms with Crippen LogP contribution in [-0.4, -0.2) is 60.0 Å². The van der Waals surface area contributed by atoms with Crippen LogP contribution in [0, 0.1) is 18.6 Å². The number of anilines is 2. The smallest absolute Gasteiger partial charge is 0.300 e. The fraction of sp³-hybridized carbons (Fsp3) is 0.333. The van der Waals surface area contributed by atoms with Gasteiger partial charge in [0, 0.05) is 68.2 Å². The number of fused-ring (bicyclic) bond motifs is 1. The number of halogens is 2. The molecule has 0 bridgehead atoms. The number of amides is 1. The van der Waals surface area contributed by atoms with Crippen LogP contribution in [0.5, 0.6) is 0 Å². The molecule has 9 heteroatoms. The summed E-state index contributed by atoms with van der Waals surface area (Å²) in [5, 5.41) is 6.40. The lowest BCUT2D eigenvalue weighted by Crippen LogP contribution is -2.43. The molecule has 1 aromatic heterocycles. The van der Waals surface area contributed by atoms with Crippen LogP contribution in [0.15, 0.2) is 52.9 Å². The summed E-state index contributed by atoms with van der Waals surface area (Å²) in [7, 11) is 0. The van der Waals surface area contributed by atoms with Gasteiger partial charge in [0.25, 0.3) is 11.9 Å². The molecule has 0 saturated carbocycles. The predicted molar refractivity (Wildman–Crippen MR) is 149 cm³/mol. The topological polar surface area (TPSA) is 73.6 Å². The van der Waals surface area contributed by atoms with Gasteiger partial charge in [0.05, 0.1) is 0 Å². The molecule has 0 atom stereocenters. The number of oxazole rings is 1. The summed E-state index contributed by atoms with van der Waals surface area (Å²) in [5.74, 6) is -1.16. The average Bonchev–Trinajstić information content (AvgIpc) is 3.34. The van der Waals surface area contributed by atoms with E-state index in [0.29, 0.717) is 46.6 Å². The van der Waals surface area contributed by atoms with Gasteiger partial charge in [0.15, 0.2) is 5.58 Å². The number of nitrogens with one attached hydrogen (secondary N) is 2. The van der Waals surface area contributed by atoms with Crippen LogP contribution < -0.4 is 10.6 Å². The number of carbonyl (C=O) groups excluding carboxylic acids is 1. The van der Waals surface area contributed by atoms with Gasteiger partial charge < -0.3 is 20.0 Å². The van der Waals surface area contributed by atoms with Crippen LogP contribution in [-0.2, 0) is 6.54 Å². The minimum Gasteiger partial charge on any atom is -0.423 e. The minimum atomic E-state index is -0.576. The van der Waals surface area contributed by atoms with Gasteiger partial charge in [0.1, 0.15) is 17.2 Å². The molecular formula is C30H33F2N5O2. The first-order valence-electron chi connectivity index (χ1n) is 13.4. The Kier molecular flexibility index (Phi) is 7.90. The van der Waals surface area contributed by atoms with Crippen molar-refractivity contribution >= 4 is 28.7 Å². The van der Waals surface area contributed by atoms with Crippen molar-refractivity contribution in [1.82, 2.24) is 20.1 Å². The summed E-state index contributed by atoms with van der Waals surface area (Å²) in [6, 6.07) is 13.8. The van der Waals surface area contributed by atoms with Crippen LogP contribution >= 0.6 is 0 Å². The lowest BCUT2D eigenvalue weighted by molar-refractivity contribution is 0.0772. The summed E-state index contributed by atoms with van der Waals surface area (Å²) in [6.07, 6.45) is 0. The summed E-state index contributed by atoms with van der Waals surface area (Å²) >= 11 is 0. The van der Waals surface area contributed by atoms with Crippen molar-refractivity contribution in [2.75, 3.05) is 44.6 Å². The van der Waals surface area contributed by atoms with Gasteiger partial charge in [-0.3, -0.25) is 9.69 Å². The molecule has 0 radical (unpaired) electrons. The number of para-hydroxylation sites is 1. The maximum Gasteiger partial charge on any atom is 0.300 e. The lowest BCUT2D eigenvalue weighted by Gasteiger charge is -2.27. The number of nitrogens with zero attached hydrogens (tertiary/aromatic N) is 3. The number of benzene rings is 3. The molecule has 0 unspecified atom stereocenters. The van der Waals surface area contributed by atoms with Gasteiger partial charge in [-0.05, 0) is 68.3 Å². The molecule has 204 valence electrons. The highest BCUT2D eigenvalue weighted by molar-refractivity contribution is 5.96. The van der Waals surface area contributed by atoms with Crippen LogP contribution in [0.4, 0.5) is 20.5 Å². The van der Waals surface area contributed by atoms with E-state index in [1.165, 1.54) is 12.1 Å². The van der Waals surface area contributed by atoms with Gasteiger partial charge in [-0.2, -0.15) is 4.98 Å². The second-order valence-corrected chi connectivity index (χ2v) is 9.75. The van der Waals surface area contributed by atoms with Crippen LogP contribution in [0.3, 0.4) is 0 Å². The number of carbonyl (C=O) groups is 1. The highest BCUT2D eigenvalue weighted by Crippen LogP contribution is 2.34. The van der Waals surface area contributed by atoms with E-state index in [0.717, 1.165) is 31.7 Å². The molecule has 1 saturated heterocycles. The standard InChI is InChI=1S/C30H33F2N5O2/c1-4-37(5-2)29(38)22-10-9-21(15-19(22)3)34-30-35-27-8-6-7-23(28(27)39-30)20-16-25(31)24(26(32)17-20)18-36-13-11-33-12-14-36/h6-10,15-17,33H,4-5,11-14,18H2,1-3H3,(H,34,35). The van der Waals surface area contributed by atoms with E-state index < -0.39 is 11.6 Å². The van der Waals surface area contributed by atoms with Crippen molar-refractivity contribution in [2.45, 2.75) is 27.3 Å². The van der Waals surface area contributed by atoms with Crippen LogP contribution in [0.25, 0.3) is 22.2 Å². The number of hydrogen-bond donors (Lipinski definition) is 2. The lowest BCUT2D eigenvalue weighted by atomic mass is 10.0. The Bertz CT molecular complexity index is 1470. The maximum absolute atomic E-state index is 15.1. The Morgan fingerprint density at radius 3 is 2.46 bits per heavy atom. The Balaban J connectivity index is 1.40. The molecule has 0 spiro atoms. The first kappa shape index (κ1) is 26.8. The quantitative estimate of drug-likeness (QED) is 0.302. The van der Waals surface area contributed by atoms with Gasteiger partial charge in [0.2, 0.25) is 0 Å². The molecule has 0 aliphatic carbocycles. The normalized spacial score (nSPS) is 14.1. The van der Waals surface area contributed by atoms with Crippen molar-refractivity contribution in [3.8, 4) is 11.1 Å². The Labute approximate surface area is 226 Å². The van der Waals surface area contributed by atoms with Gasteiger partial charge in [-0.15, -0.1) is 0 Å². The molecule has 3 aromatic carbocycles. The summed E-state index contributed by atoms with van der Waals surface area (Å²) in [4.78, 5) is 21.1. The Morgan fingerprint density at radius 2 is 1.79 bits per heavy atom. The zero-order chi connectivity index (χ0) is 27.5. The molecule has 7 nitrogen and oxygen atoms in total. The third kappa shape index (κ3) is 5.65. The van der Waals surface area contributed by atoms with E-state index in [-0.39, 0.29) is 24.0 Å². The first-order valence-corrected chi connectivity index (χ1v) is 13.4. The van der Waals surface area contributed by atoms with Gasteiger partial charge in [-0.25, -0.2) is 8.78 Å². The molecule has 1 aliphatic rings. The Hall–Kier alpha value is -3.82. The monoisotopic (exact) mass is 533 g/mol. The largest absolute Gasteiger partial charge is 0.423 e. The van der Waals surface area contributed by atoms with E-state index in [4.69, 9.17) is 4.42 Å². The van der Waals surface area contributed by atoms with Crippen molar-refractivity contribution in [3.63, 3.8) is 0 Å². The molecular weight excluding hydrogens is 500 g/mol. The number of hydrogen-bond acceptors (Lipinski definition) is 6. The molecule has 39 heavy (non-hydrogen) atoms. The van der Waals surface area contributed by atoms with E-state index in [1.54, 1.807) is 35.2 Å². The maximum atomic E-state index is 15.1. The molecule has 1 amide bonds. The average molecular weight is 534 g/mol. The van der Waals surface area contributed by atoms with Crippen molar-refractivity contribution in [1.29, 1.82) is 0 Å². The highest BCUT2D eigenvalue weighted by atomic mass is 19.1. The molecule has 5 rings (SSSR count). The fourth-order valence-electron chi connectivity index (χ4n) is 5.02. The second kappa shape index (κ2) is 11.5. The zero-order valence-electron chi connectivity index (χ0n) is 22.5.